The average Bonchev–Trinajstić information content (AvgIpc) is 2.62. The zero-order valence-corrected chi connectivity index (χ0v) is 14.9. The SMILES string of the molecule is CCCCOc1ccc(CNC(=O)c2ccc(C)c(F)c2)cc1OC. The number of hydrogen-bond donors (Lipinski definition) is 1. The molecule has 0 aliphatic heterocycles. The minimum absolute atomic E-state index is 0.301. The van der Waals surface area contributed by atoms with Gasteiger partial charge in [-0.1, -0.05) is 25.5 Å². The molecule has 0 unspecified atom stereocenters. The lowest BCUT2D eigenvalue weighted by atomic mass is 10.1. The second-order valence-electron chi connectivity index (χ2n) is 5.83. The highest BCUT2D eigenvalue weighted by Crippen LogP contribution is 2.28. The van der Waals surface area contributed by atoms with Crippen LogP contribution in [0.3, 0.4) is 0 Å². The Hall–Kier alpha value is -2.56. The molecule has 0 bridgehead atoms. The zero-order valence-electron chi connectivity index (χ0n) is 14.9. The summed E-state index contributed by atoms with van der Waals surface area (Å²) in [6, 6.07) is 9.99. The van der Waals surface area contributed by atoms with Crippen molar-refractivity contribution >= 4 is 5.91 Å². The van der Waals surface area contributed by atoms with E-state index >= 15 is 0 Å². The van der Waals surface area contributed by atoms with Crippen molar-refractivity contribution in [1.29, 1.82) is 0 Å². The topological polar surface area (TPSA) is 47.6 Å². The summed E-state index contributed by atoms with van der Waals surface area (Å²) in [5.41, 5.74) is 1.69. The third-order valence-electron chi connectivity index (χ3n) is 3.87. The normalized spacial score (nSPS) is 10.4. The van der Waals surface area contributed by atoms with Gasteiger partial charge in [0.05, 0.1) is 13.7 Å². The molecule has 0 aromatic heterocycles. The Morgan fingerprint density at radius 1 is 1.16 bits per heavy atom. The Morgan fingerprint density at radius 3 is 2.64 bits per heavy atom. The van der Waals surface area contributed by atoms with Gasteiger partial charge in [-0.3, -0.25) is 4.79 Å². The fraction of sp³-hybridized carbons (Fsp3) is 0.350. The van der Waals surface area contributed by atoms with Gasteiger partial charge in [-0.05, 0) is 48.7 Å². The molecule has 0 saturated heterocycles. The van der Waals surface area contributed by atoms with Crippen LogP contribution in [-0.2, 0) is 6.54 Å². The Labute approximate surface area is 148 Å². The smallest absolute Gasteiger partial charge is 0.251 e. The molecule has 0 spiro atoms. The quantitative estimate of drug-likeness (QED) is 0.728. The van der Waals surface area contributed by atoms with E-state index in [9.17, 15) is 9.18 Å². The van der Waals surface area contributed by atoms with Crippen LogP contribution in [0.15, 0.2) is 36.4 Å². The summed E-state index contributed by atoms with van der Waals surface area (Å²) in [6.07, 6.45) is 2.04. The van der Waals surface area contributed by atoms with Gasteiger partial charge in [0.25, 0.3) is 5.91 Å². The number of methoxy groups -OCH3 is 1. The van der Waals surface area contributed by atoms with Gasteiger partial charge in [0.2, 0.25) is 0 Å². The van der Waals surface area contributed by atoms with Crippen molar-refractivity contribution in [2.24, 2.45) is 0 Å². The predicted octanol–water partition coefficient (Wildman–Crippen LogP) is 4.25. The standard InChI is InChI=1S/C20H24FNO3/c1-4-5-10-25-18-9-7-15(11-19(18)24-3)13-22-20(23)16-8-6-14(2)17(21)12-16/h6-9,11-12H,4-5,10,13H2,1-3H3,(H,22,23). The van der Waals surface area contributed by atoms with Crippen LogP contribution in [0, 0.1) is 12.7 Å². The van der Waals surface area contributed by atoms with E-state index in [-0.39, 0.29) is 11.7 Å². The minimum Gasteiger partial charge on any atom is -0.493 e. The molecule has 134 valence electrons. The first-order valence-corrected chi connectivity index (χ1v) is 8.39. The van der Waals surface area contributed by atoms with Crippen molar-refractivity contribution in [1.82, 2.24) is 5.32 Å². The maximum Gasteiger partial charge on any atom is 0.251 e. The second kappa shape index (κ2) is 9.06. The maximum absolute atomic E-state index is 13.6. The van der Waals surface area contributed by atoms with E-state index in [0.29, 0.717) is 35.8 Å². The van der Waals surface area contributed by atoms with Gasteiger partial charge in [-0.2, -0.15) is 0 Å². The van der Waals surface area contributed by atoms with Crippen LogP contribution in [-0.4, -0.2) is 19.6 Å². The molecular weight excluding hydrogens is 321 g/mol. The van der Waals surface area contributed by atoms with Crippen molar-refractivity contribution in [3.8, 4) is 11.5 Å². The molecule has 5 heteroatoms. The van der Waals surface area contributed by atoms with E-state index < -0.39 is 0 Å². The number of aryl methyl sites for hydroxylation is 1. The highest BCUT2D eigenvalue weighted by Gasteiger charge is 2.10. The van der Waals surface area contributed by atoms with Gasteiger partial charge >= 0.3 is 0 Å². The number of ether oxygens (including phenoxy) is 2. The van der Waals surface area contributed by atoms with Crippen LogP contribution in [0.2, 0.25) is 0 Å². The van der Waals surface area contributed by atoms with E-state index in [4.69, 9.17) is 9.47 Å². The number of hydrogen-bond acceptors (Lipinski definition) is 3. The average molecular weight is 345 g/mol. The van der Waals surface area contributed by atoms with Gasteiger partial charge in [-0.15, -0.1) is 0 Å². The monoisotopic (exact) mass is 345 g/mol. The number of amides is 1. The molecule has 0 aliphatic carbocycles. The highest BCUT2D eigenvalue weighted by molar-refractivity contribution is 5.94. The van der Waals surface area contributed by atoms with E-state index in [1.165, 1.54) is 6.07 Å². The number of unbranched alkanes of at least 4 members (excludes halogenated alkanes) is 1. The van der Waals surface area contributed by atoms with Crippen LogP contribution in [0.4, 0.5) is 4.39 Å². The van der Waals surface area contributed by atoms with Gasteiger partial charge in [0.1, 0.15) is 5.82 Å². The van der Waals surface area contributed by atoms with Crippen LogP contribution in [0.5, 0.6) is 11.5 Å². The first kappa shape index (κ1) is 18.8. The molecule has 0 aliphatic rings. The largest absolute Gasteiger partial charge is 0.493 e. The van der Waals surface area contributed by atoms with E-state index in [1.54, 1.807) is 26.2 Å². The molecule has 1 amide bonds. The Kier molecular flexibility index (Phi) is 6.81. The van der Waals surface area contributed by atoms with Crippen LogP contribution >= 0.6 is 0 Å². The number of rotatable bonds is 8. The molecule has 2 aromatic carbocycles. The summed E-state index contributed by atoms with van der Waals surface area (Å²) < 4.78 is 24.6. The summed E-state index contributed by atoms with van der Waals surface area (Å²) in [5, 5.41) is 2.78. The number of carbonyl (C=O) groups excluding carboxylic acids is 1. The first-order valence-electron chi connectivity index (χ1n) is 8.39. The summed E-state index contributed by atoms with van der Waals surface area (Å²) in [4.78, 5) is 12.1. The summed E-state index contributed by atoms with van der Waals surface area (Å²) in [5.74, 6) is 0.611. The van der Waals surface area contributed by atoms with Crippen LogP contribution < -0.4 is 14.8 Å². The van der Waals surface area contributed by atoms with Gasteiger partial charge < -0.3 is 14.8 Å². The van der Waals surface area contributed by atoms with Gasteiger partial charge in [-0.25, -0.2) is 4.39 Å². The summed E-state index contributed by atoms with van der Waals surface area (Å²) in [6.45, 7) is 4.72. The first-order chi connectivity index (χ1) is 12.0. The number of carbonyl (C=O) groups is 1. The molecule has 2 rings (SSSR count). The molecule has 4 nitrogen and oxygen atoms in total. The molecular formula is C20H24FNO3. The summed E-state index contributed by atoms with van der Waals surface area (Å²) >= 11 is 0. The van der Waals surface area contributed by atoms with Gasteiger partial charge in [0.15, 0.2) is 11.5 Å². The predicted molar refractivity (Wildman–Crippen MR) is 95.7 cm³/mol. The molecule has 0 atom stereocenters. The molecule has 2 aromatic rings. The maximum atomic E-state index is 13.6. The fourth-order valence-electron chi connectivity index (χ4n) is 2.29. The highest BCUT2D eigenvalue weighted by atomic mass is 19.1. The Balaban J connectivity index is 1.99. The lowest BCUT2D eigenvalue weighted by Gasteiger charge is -2.12. The van der Waals surface area contributed by atoms with Crippen molar-refractivity contribution in [2.75, 3.05) is 13.7 Å². The van der Waals surface area contributed by atoms with Crippen LogP contribution in [0.25, 0.3) is 0 Å². The van der Waals surface area contributed by atoms with E-state index in [0.717, 1.165) is 18.4 Å². The zero-order chi connectivity index (χ0) is 18.2. The lowest BCUT2D eigenvalue weighted by Crippen LogP contribution is -2.23. The van der Waals surface area contributed by atoms with Crippen molar-refractivity contribution in [3.05, 3.63) is 58.9 Å². The van der Waals surface area contributed by atoms with Crippen LogP contribution in [0.1, 0.15) is 41.3 Å². The van der Waals surface area contributed by atoms with Crippen molar-refractivity contribution in [3.63, 3.8) is 0 Å². The number of nitrogens with one attached hydrogen (secondary N) is 1. The number of halogens is 1. The molecule has 0 fully saturated rings. The van der Waals surface area contributed by atoms with Crippen molar-refractivity contribution in [2.45, 2.75) is 33.2 Å². The third kappa shape index (κ3) is 5.21. The number of benzene rings is 2. The third-order valence-corrected chi connectivity index (χ3v) is 3.87. The summed E-state index contributed by atoms with van der Waals surface area (Å²) in [7, 11) is 1.58. The molecule has 25 heavy (non-hydrogen) atoms. The van der Waals surface area contributed by atoms with E-state index in [2.05, 4.69) is 12.2 Å². The molecule has 0 radical (unpaired) electrons. The fourth-order valence-corrected chi connectivity index (χ4v) is 2.29. The molecule has 0 heterocycles. The lowest BCUT2D eigenvalue weighted by molar-refractivity contribution is 0.0950. The van der Waals surface area contributed by atoms with Gasteiger partial charge in [0, 0.05) is 12.1 Å². The Morgan fingerprint density at radius 2 is 1.96 bits per heavy atom. The molecule has 1 N–H and O–H groups in total. The minimum atomic E-state index is -0.386. The molecule has 0 saturated carbocycles. The second-order valence-corrected chi connectivity index (χ2v) is 5.83. The van der Waals surface area contributed by atoms with Crippen molar-refractivity contribution < 1.29 is 18.7 Å². The van der Waals surface area contributed by atoms with E-state index in [1.807, 2.05) is 18.2 Å². The Bertz CT molecular complexity index is 731.